The van der Waals surface area contributed by atoms with Crippen LogP contribution in [0.2, 0.25) is 0 Å². The molecule has 0 rings (SSSR count). The minimum atomic E-state index is -0.869. The van der Waals surface area contributed by atoms with E-state index in [9.17, 15) is 10.2 Å². The number of aliphatic hydroxyl groups excluding tert-OH is 4. The standard InChI is InChI=1S/C12H22O5/c1-3-11(5-9(15)7-13)17-12(4-2)6-10(16)8-14/h3-4,9-16H,1-2,5-8H2. The van der Waals surface area contributed by atoms with E-state index in [2.05, 4.69) is 13.2 Å². The quantitative estimate of drug-likeness (QED) is 0.394. The van der Waals surface area contributed by atoms with Gasteiger partial charge in [-0.15, -0.1) is 13.2 Å². The number of hydrogen-bond acceptors (Lipinski definition) is 5. The highest BCUT2D eigenvalue weighted by molar-refractivity contribution is 4.88. The zero-order chi connectivity index (χ0) is 13.3. The summed E-state index contributed by atoms with van der Waals surface area (Å²) >= 11 is 0. The molecule has 0 aliphatic rings. The van der Waals surface area contributed by atoms with E-state index in [1.807, 2.05) is 0 Å². The fraction of sp³-hybridized carbons (Fsp3) is 0.667. The molecule has 100 valence electrons. The van der Waals surface area contributed by atoms with E-state index >= 15 is 0 Å². The summed E-state index contributed by atoms with van der Waals surface area (Å²) in [5.41, 5.74) is 0. The van der Waals surface area contributed by atoms with Gasteiger partial charge in [-0.1, -0.05) is 12.2 Å². The van der Waals surface area contributed by atoms with Crippen LogP contribution in [0.3, 0.4) is 0 Å². The molecule has 5 heteroatoms. The molecule has 0 fully saturated rings. The number of hydrogen-bond donors (Lipinski definition) is 4. The van der Waals surface area contributed by atoms with Crippen LogP contribution in [0.5, 0.6) is 0 Å². The van der Waals surface area contributed by atoms with Gasteiger partial charge in [0.25, 0.3) is 0 Å². The molecule has 0 bridgehead atoms. The number of aliphatic hydroxyl groups is 4. The number of ether oxygens (including phenoxy) is 1. The largest absolute Gasteiger partial charge is 0.394 e. The summed E-state index contributed by atoms with van der Waals surface area (Å²) in [5, 5.41) is 36.0. The molecule has 0 aliphatic carbocycles. The van der Waals surface area contributed by atoms with Gasteiger partial charge in [0.2, 0.25) is 0 Å². The lowest BCUT2D eigenvalue weighted by molar-refractivity contribution is -0.0273. The summed E-state index contributed by atoms with van der Waals surface area (Å²) in [4.78, 5) is 0. The maximum Gasteiger partial charge on any atom is 0.0798 e. The first-order chi connectivity index (χ1) is 8.07. The van der Waals surface area contributed by atoms with Crippen LogP contribution in [0, 0.1) is 0 Å². The molecule has 0 radical (unpaired) electrons. The predicted molar refractivity (Wildman–Crippen MR) is 64.5 cm³/mol. The molecule has 0 aromatic carbocycles. The second-order valence-electron chi connectivity index (χ2n) is 3.83. The van der Waals surface area contributed by atoms with Crippen LogP contribution in [-0.4, -0.2) is 58.1 Å². The Labute approximate surface area is 102 Å². The van der Waals surface area contributed by atoms with Crippen LogP contribution in [0.1, 0.15) is 12.8 Å². The van der Waals surface area contributed by atoms with Crippen molar-refractivity contribution in [3.8, 4) is 0 Å². The zero-order valence-electron chi connectivity index (χ0n) is 9.90. The van der Waals surface area contributed by atoms with Crippen molar-refractivity contribution in [2.24, 2.45) is 0 Å². The van der Waals surface area contributed by atoms with E-state index in [0.717, 1.165) is 0 Å². The molecule has 4 N–H and O–H groups in total. The highest BCUT2D eigenvalue weighted by Gasteiger charge is 2.17. The zero-order valence-corrected chi connectivity index (χ0v) is 9.90. The van der Waals surface area contributed by atoms with Crippen molar-refractivity contribution in [1.29, 1.82) is 0 Å². The second kappa shape index (κ2) is 9.32. The Morgan fingerprint density at radius 1 is 0.882 bits per heavy atom. The van der Waals surface area contributed by atoms with E-state index < -0.39 is 24.4 Å². The minimum Gasteiger partial charge on any atom is -0.394 e. The molecule has 17 heavy (non-hydrogen) atoms. The van der Waals surface area contributed by atoms with Gasteiger partial charge in [0.1, 0.15) is 0 Å². The lowest BCUT2D eigenvalue weighted by atomic mass is 10.1. The lowest BCUT2D eigenvalue weighted by Crippen LogP contribution is -2.28. The first-order valence-corrected chi connectivity index (χ1v) is 5.55. The normalized spacial score (nSPS) is 18.1. The highest BCUT2D eigenvalue weighted by atomic mass is 16.5. The Bertz CT molecular complexity index is 197. The Kier molecular flexibility index (Phi) is 8.93. The molecule has 0 spiro atoms. The third kappa shape index (κ3) is 7.25. The van der Waals surface area contributed by atoms with Crippen molar-refractivity contribution in [2.45, 2.75) is 37.3 Å². The Balaban J connectivity index is 4.21. The average molecular weight is 246 g/mol. The van der Waals surface area contributed by atoms with Gasteiger partial charge >= 0.3 is 0 Å². The molecule has 0 aromatic rings. The van der Waals surface area contributed by atoms with E-state index in [4.69, 9.17) is 14.9 Å². The molecule has 4 unspecified atom stereocenters. The van der Waals surface area contributed by atoms with Crippen LogP contribution in [0.15, 0.2) is 25.3 Å². The van der Waals surface area contributed by atoms with Crippen molar-refractivity contribution in [3.05, 3.63) is 25.3 Å². The predicted octanol–water partition coefficient (Wildman–Crippen LogP) is -0.401. The van der Waals surface area contributed by atoms with Crippen molar-refractivity contribution in [3.63, 3.8) is 0 Å². The van der Waals surface area contributed by atoms with Crippen LogP contribution in [0.4, 0.5) is 0 Å². The summed E-state index contributed by atoms with van der Waals surface area (Å²) in [6, 6.07) is 0. The third-order valence-electron chi connectivity index (χ3n) is 2.31. The Morgan fingerprint density at radius 2 is 1.24 bits per heavy atom. The second-order valence-corrected chi connectivity index (χ2v) is 3.83. The molecule has 0 heterocycles. The Morgan fingerprint density at radius 3 is 1.47 bits per heavy atom. The fourth-order valence-corrected chi connectivity index (χ4v) is 1.32. The maximum atomic E-state index is 9.28. The van der Waals surface area contributed by atoms with Gasteiger partial charge in [-0.3, -0.25) is 0 Å². The number of rotatable bonds is 10. The maximum absolute atomic E-state index is 9.28. The van der Waals surface area contributed by atoms with E-state index in [1.54, 1.807) is 0 Å². The van der Waals surface area contributed by atoms with Gasteiger partial charge in [0.05, 0.1) is 37.6 Å². The Hall–Kier alpha value is -0.720. The molecule has 5 nitrogen and oxygen atoms in total. The monoisotopic (exact) mass is 246 g/mol. The van der Waals surface area contributed by atoms with Gasteiger partial charge in [-0.25, -0.2) is 0 Å². The van der Waals surface area contributed by atoms with Crippen LogP contribution in [-0.2, 0) is 4.74 Å². The summed E-state index contributed by atoms with van der Waals surface area (Å²) in [6.45, 7) is 6.46. The summed E-state index contributed by atoms with van der Waals surface area (Å²) in [6.07, 6.45) is 0.857. The molecule has 0 saturated carbocycles. The molecule has 4 atom stereocenters. The van der Waals surface area contributed by atoms with Crippen molar-refractivity contribution < 1.29 is 25.2 Å². The molecule has 0 saturated heterocycles. The highest BCUT2D eigenvalue weighted by Crippen LogP contribution is 2.12. The van der Waals surface area contributed by atoms with Crippen LogP contribution < -0.4 is 0 Å². The topological polar surface area (TPSA) is 90.2 Å². The van der Waals surface area contributed by atoms with Gasteiger partial charge in [-0.2, -0.15) is 0 Å². The fourth-order valence-electron chi connectivity index (χ4n) is 1.32. The third-order valence-corrected chi connectivity index (χ3v) is 2.31. The van der Waals surface area contributed by atoms with E-state index in [-0.39, 0.29) is 26.1 Å². The van der Waals surface area contributed by atoms with Crippen molar-refractivity contribution in [1.82, 2.24) is 0 Å². The van der Waals surface area contributed by atoms with Gasteiger partial charge < -0.3 is 25.2 Å². The first-order valence-electron chi connectivity index (χ1n) is 5.55. The van der Waals surface area contributed by atoms with E-state index in [1.165, 1.54) is 12.2 Å². The van der Waals surface area contributed by atoms with Gasteiger partial charge in [0.15, 0.2) is 0 Å². The van der Waals surface area contributed by atoms with Crippen LogP contribution in [0.25, 0.3) is 0 Å². The van der Waals surface area contributed by atoms with Gasteiger partial charge in [-0.05, 0) is 0 Å². The lowest BCUT2D eigenvalue weighted by Gasteiger charge is -2.23. The van der Waals surface area contributed by atoms with E-state index in [0.29, 0.717) is 0 Å². The first kappa shape index (κ1) is 16.3. The van der Waals surface area contributed by atoms with Crippen molar-refractivity contribution in [2.75, 3.05) is 13.2 Å². The van der Waals surface area contributed by atoms with Crippen molar-refractivity contribution >= 4 is 0 Å². The van der Waals surface area contributed by atoms with Crippen LogP contribution >= 0.6 is 0 Å². The van der Waals surface area contributed by atoms with Gasteiger partial charge in [0, 0.05) is 12.8 Å². The SMILES string of the molecule is C=CC(CC(O)CO)OC(C=C)CC(O)CO. The summed E-state index contributed by atoms with van der Waals surface area (Å²) < 4.78 is 5.52. The molecule has 0 aromatic heterocycles. The smallest absolute Gasteiger partial charge is 0.0798 e. The summed E-state index contributed by atoms with van der Waals surface area (Å²) in [5.74, 6) is 0. The molecule has 0 aliphatic heterocycles. The summed E-state index contributed by atoms with van der Waals surface area (Å²) in [7, 11) is 0. The molecular weight excluding hydrogens is 224 g/mol. The minimum absolute atomic E-state index is 0.222. The molecule has 0 amide bonds. The average Bonchev–Trinajstić information content (AvgIpc) is 2.36. The molecular formula is C12H22O5.